The summed E-state index contributed by atoms with van der Waals surface area (Å²) >= 11 is 0. The summed E-state index contributed by atoms with van der Waals surface area (Å²) in [5.74, 6) is 0.843. The molecular weight excluding hydrogens is 284 g/mol. The number of dihydropyridines is 1. The van der Waals surface area contributed by atoms with Crippen molar-refractivity contribution in [1.29, 1.82) is 0 Å². The second kappa shape index (κ2) is 6.21. The quantitative estimate of drug-likeness (QED) is 0.900. The highest BCUT2D eigenvalue weighted by Crippen LogP contribution is 2.29. The lowest BCUT2D eigenvalue weighted by Crippen LogP contribution is -2.35. The first-order valence-corrected chi connectivity index (χ1v) is 7.79. The monoisotopic (exact) mass is 306 g/mol. The Hall–Kier alpha value is -2.68. The first-order chi connectivity index (χ1) is 11.0. The molecule has 3 heteroatoms. The zero-order valence-electron chi connectivity index (χ0n) is 13.8. The smallest absolute Gasteiger partial charge is 0.189 e. The fourth-order valence-electron chi connectivity index (χ4n) is 2.76. The molecule has 2 aromatic rings. The third-order valence-electron chi connectivity index (χ3n) is 4.14. The lowest BCUT2D eigenvalue weighted by Gasteiger charge is -2.23. The van der Waals surface area contributed by atoms with Crippen molar-refractivity contribution in [2.45, 2.75) is 27.0 Å². The van der Waals surface area contributed by atoms with Gasteiger partial charge in [-0.1, -0.05) is 30.3 Å². The van der Waals surface area contributed by atoms with Gasteiger partial charge in [-0.3, -0.25) is 0 Å². The minimum Gasteiger partial charge on any atom is -0.467 e. The molecule has 2 aromatic carbocycles. The van der Waals surface area contributed by atoms with Gasteiger partial charge in [0.1, 0.15) is 5.75 Å². The molecule has 1 aliphatic heterocycles. The maximum Gasteiger partial charge on any atom is 0.189 e. The third-order valence-corrected chi connectivity index (χ3v) is 4.14. The summed E-state index contributed by atoms with van der Waals surface area (Å²) in [6.07, 6.45) is 3.61. The van der Waals surface area contributed by atoms with Gasteiger partial charge in [0, 0.05) is 5.70 Å². The third kappa shape index (κ3) is 3.24. The van der Waals surface area contributed by atoms with Crippen LogP contribution in [0.1, 0.15) is 18.1 Å². The Morgan fingerprint density at radius 1 is 0.957 bits per heavy atom. The number of rotatable bonds is 3. The molecule has 1 atom stereocenters. The van der Waals surface area contributed by atoms with Gasteiger partial charge >= 0.3 is 0 Å². The second-order valence-corrected chi connectivity index (χ2v) is 5.91. The molecule has 0 fully saturated rings. The molecule has 0 saturated heterocycles. The minimum atomic E-state index is -0.189. The summed E-state index contributed by atoms with van der Waals surface area (Å²) in [4.78, 5) is 0. The number of nitrogens with one attached hydrogen (secondary N) is 1. The molecule has 23 heavy (non-hydrogen) atoms. The average Bonchev–Trinajstić information content (AvgIpc) is 2.52. The number of benzene rings is 2. The molecule has 0 aromatic heterocycles. The number of nitrogens with two attached hydrogens (primary N) is 1. The Labute approximate surface area is 137 Å². The van der Waals surface area contributed by atoms with E-state index in [-0.39, 0.29) is 6.23 Å². The molecule has 0 saturated carbocycles. The largest absolute Gasteiger partial charge is 0.467 e. The topological polar surface area (TPSA) is 47.3 Å². The molecule has 0 radical (unpaired) electrons. The molecule has 1 unspecified atom stereocenters. The molecule has 0 bridgehead atoms. The van der Waals surface area contributed by atoms with Crippen molar-refractivity contribution >= 4 is 0 Å². The summed E-state index contributed by atoms with van der Waals surface area (Å²) in [5.41, 5.74) is 12.5. The van der Waals surface area contributed by atoms with Gasteiger partial charge in [0.05, 0.1) is 5.70 Å². The number of ether oxygens (including phenoxy) is 1. The molecule has 1 heterocycles. The van der Waals surface area contributed by atoms with E-state index in [1.165, 1.54) is 22.3 Å². The van der Waals surface area contributed by atoms with Crippen LogP contribution in [0.2, 0.25) is 0 Å². The zero-order valence-corrected chi connectivity index (χ0v) is 13.8. The molecule has 3 nitrogen and oxygen atoms in total. The molecule has 0 amide bonds. The van der Waals surface area contributed by atoms with Gasteiger partial charge in [-0.15, -0.1) is 0 Å². The maximum absolute atomic E-state index is 5.99. The normalized spacial score (nSPS) is 17.1. The van der Waals surface area contributed by atoms with Crippen molar-refractivity contribution in [2.75, 3.05) is 0 Å². The first-order valence-electron chi connectivity index (χ1n) is 7.79. The van der Waals surface area contributed by atoms with E-state index in [0.717, 1.165) is 17.1 Å². The van der Waals surface area contributed by atoms with Crippen LogP contribution in [0.15, 0.2) is 66.0 Å². The van der Waals surface area contributed by atoms with Crippen LogP contribution in [-0.2, 0) is 0 Å². The molecule has 0 spiro atoms. The van der Waals surface area contributed by atoms with Crippen molar-refractivity contribution in [3.63, 3.8) is 0 Å². The highest BCUT2D eigenvalue weighted by Gasteiger charge is 2.13. The Kier molecular flexibility index (Phi) is 4.11. The lowest BCUT2D eigenvalue weighted by atomic mass is 9.96. The van der Waals surface area contributed by atoms with Gasteiger partial charge in [-0.05, 0) is 67.3 Å². The Bertz CT molecular complexity index is 790. The number of allylic oxidation sites excluding steroid dienone is 2. The average molecular weight is 306 g/mol. The Morgan fingerprint density at radius 3 is 2.39 bits per heavy atom. The van der Waals surface area contributed by atoms with Gasteiger partial charge in [0.25, 0.3) is 0 Å². The van der Waals surface area contributed by atoms with Crippen LogP contribution >= 0.6 is 0 Å². The van der Waals surface area contributed by atoms with E-state index < -0.39 is 0 Å². The predicted molar refractivity (Wildman–Crippen MR) is 94.9 cm³/mol. The molecule has 1 aliphatic rings. The standard InChI is InChI=1S/C20H22N2O/c1-13-6-4-5-7-17(13)18-9-8-16(12-14(18)2)23-20-11-10-19(21)15(3)22-20/h4-12,20,22H,21H2,1-3H3. The minimum absolute atomic E-state index is 0.189. The van der Waals surface area contributed by atoms with Crippen LogP contribution < -0.4 is 15.8 Å². The number of hydrogen-bond donors (Lipinski definition) is 2. The van der Waals surface area contributed by atoms with E-state index in [2.05, 4.69) is 55.6 Å². The number of hydrogen-bond acceptors (Lipinski definition) is 3. The van der Waals surface area contributed by atoms with Gasteiger partial charge < -0.3 is 15.8 Å². The van der Waals surface area contributed by atoms with Crippen molar-refractivity contribution in [1.82, 2.24) is 5.32 Å². The van der Waals surface area contributed by atoms with Crippen LogP contribution in [-0.4, -0.2) is 6.23 Å². The highest BCUT2D eigenvalue weighted by atomic mass is 16.5. The summed E-state index contributed by atoms with van der Waals surface area (Å²) in [5, 5.41) is 3.24. The summed E-state index contributed by atoms with van der Waals surface area (Å²) in [7, 11) is 0. The van der Waals surface area contributed by atoms with Crippen molar-refractivity contribution in [2.24, 2.45) is 5.73 Å². The van der Waals surface area contributed by atoms with Crippen LogP contribution in [0.4, 0.5) is 0 Å². The lowest BCUT2D eigenvalue weighted by molar-refractivity contribution is 0.221. The van der Waals surface area contributed by atoms with Crippen LogP contribution in [0.25, 0.3) is 11.1 Å². The second-order valence-electron chi connectivity index (χ2n) is 5.91. The predicted octanol–water partition coefficient (Wildman–Crippen LogP) is 4.02. The van der Waals surface area contributed by atoms with Crippen molar-refractivity contribution < 1.29 is 4.74 Å². The van der Waals surface area contributed by atoms with Gasteiger partial charge in [0.2, 0.25) is 0 Å². The van der Waals surface area contributed by atoms with E-state index in [1.54, 1.807) is 0 Å². The Balaban J connectivity index is 1.81. The molecule has 3 rings (SSSR count). The molecular formula is C20H22N2O. The van der Waals surface area contributed by atoms with Gasteiger partial charge in [-0.25, -0.2) is 0 Å². The fourth-order valence-corrected chi connectivity index (χ4v) is 2.76. The Morgan fingerprint density at radius 2 is 1.70 bits per heavy atom. The summed E-state index contributed by atoms with van der Waals surface area (Å²) in [6.45, 7) is 6.19. The highest BCUT2D eigenvalue weighted by molar-refractivity contribution is 5.71. The van der Waals surface area contributed by atoms with Gasteiger partial charge in [-0.2, -0.15) is 0 Å². The van der Waals surface area contributed by atoms with E-state index in [0.29, 0.717) is 0 Å². The number of aryl methyl sites for hydroxylation is 2. The van der Waals surface area contributed by atoms with E-state index in [9.17, 15) is 0 Å². The summed E-state index contributed by atoms with van der Waals surface area (Å²) in [6, 6.07) is 14.6. The van der Waals surface area contributed by atoms with Crippen molar-refractivity contribution in [3.05, 3.63) is 77.1 Å². The molecule has 118 valence electrons. The van der Waals surface area contributed by atoms with Crippen LogP contribution in [0.5, 0.6) is 5.75 Å². The van der Waals surface area contributed by atoms with Crippen LogP contribution in [0, 0.1) is 13.8 Å². The van der Waals surface area contributed by atoms with Gasteiger partial charge in [0.15, 0.2) is 6.23 Å². The summed E-state index contributed by atoms with van der Waals surface area (Å²) < 4.78 is 5.99. The van der Waals surface area contributed by atoms with Crippen molar-refractivity contribution in [3.8, 4) is 16.9 Å². The fraction of sp³-hybridized carbons (Fsp3) is 0.200. The SMILES string of the molecule is CC1=C(N)C=CC(Oc2ccc(-c3ccccc3C)c(C)c2)N1. The maximum atomic E-state index is 5.99. The molecule has 3 N–H and O–H groups in total. The van der Waals surface area contributed by atoms with E-state index >= 15 is 0 Å². The van der Waals surface area contributed by atoms with E-state index in [1.807, 2.05) is 25.1 Å². The molecule has 0 aliphatic carbocycles. The van der Waals surface area contributed by atoms with Crippen LogP contribution in [0.3, 0.4) is 0 Å². The zero-order chi connectivity index (χ0) is 16.4. The van der Waals surface area contributed by atoms with E-state index in [4.69, 9.17) is 10.5 Å². The first kappa shape index (κ1) is 15.2.